The summed E-state index contributed by atoms with van der Waals surface area (Å²) < 4.78 is 0. The number of benzene rings is 2. The van der Waals surface area contributed by atoms with Gasteiger partial charge in [-0.1, -0.05) is 42.5 Å². The van der Waals surface area contributed by atoms with Crippen molar-refractivity contribution >= 4 is 23.2 Å². The third-order valence-electron chi connectivity index (χ3n) is 4.42. The maximum Gasteiger partial charge on any atom is 0.247 e. The molecule has 1 N–H and O–H groups in total. The Balaban J connectivity index is 1.87. The number of para-hydroxylation sites is 2. The summed E-state index contributed by atoms with van der Waals surface area (Å²) in [5.74, 6) is -0.187. The quantitative estimate of drug-likeness (QED) is 0.842. The van der Waals surface area contributed by atoms with Gasteiger partial charge in [-0.15, -0.1) is 6.58 Å². The molecule has 0 saturated carbocycles. The highest BCUT2D eigenvalue weighted by molar-refractivity contribution is 6.05. The van der Waals surface area contributed by atoms with E-state index < -0.39 is 6.04 Å². The van der Waals surface area contributed by atoms with E-state index in [2.05, 4.69) is 11.9 Å². The molecule has 4 nitrogen and oxygen atoms in total. The fourth-order valence-corrected chi connectivity index (χ4v) is 3.20. The molecular weight excluding hydrogens is 312 g/mol. The number of nitrogens with one attached hydrogen (secondary N) is 1. The van der Waals surface area contributed by atoms with Crippen molar-refractivity contribution in [2.45, 2.75) is 31.7 Å². The molecule has 0 saturated heterocycles. The van der Waals surface area contributed by atoms with Crippen LogP contribution in [0.3, 0.4) is 0 Å². The molecule has 0 fully saturated rings. The second kappa shape index (κ2) is 7.79. The first kappa shape index (κ1) is 17.0. The number of fused-ring (bicyclic) bond motifs is 1. The third kappa shape index (κ3) is 3.79. The standard InChI is InChI=1S/C21H22N2O2/c1-2-3-13-20(24)23-18-12-8-7-9-16(18)14-15-19(23)21(25)22-17-10-5-4-6-11-17/h2,4-12,19H,1,3,13-15H2,(H,22,25)/t19-/m1/s1. The van der Waals surface area contributed by atoms with Crippen LogP contribution in [0.5, 0.6) is 0 Å². The lowest BCUT2D eigenvalue weighted by Gasteiger charge is -2.36. The molecule has 0 spiro atoms. The van der Waals surface area contributed by atoms with E-state index >= 15 is 0 Å². The van der Waals surface area contributed by atoms with E-state index in [4.69, 9.17) is 0 Å². The van der Waals surface area contributed by atoms with E-state index in [1.54, 1.807) is 11.0 Å². The molecule has 2 amide bonds. The Hall–Kier alpha value is -2.88. The van der Waals surface area contributed by atoms with Crippen molar-refractivity contribution in [1.82, 2.24) is 0 Å². The summed E-state index contributed by atoms with van der Waals surface area (Å²) in [5, 5.41) is 2.93. The second-order valence-electron chi connectivity index (χ2n) is 6.13. The van der Waals surface area contributed by atoms with E-state index in [0.717, 1.165) is 23.4 Å². The number of amides is 2. The van der Waals surface area contributed by atoms with Crippen LogP contribution in [0.4, 0.5) is 11.4 Å². The van der Waals surface area contributed by atoms with Crippen LogP contribution in [0, 0.1) is 0 Å². The molecule has 1 atom stereocenters. The number of allylic oxidation sites excluding steroid dienone is 1. The summed E-state index contributed by atoms with van der Waals surface area (Å²) in [5.41, 5.74) is 2.69. The van der Waals surface area contributed by atoms with Gasteiger partial charge < -0.3 is 5.32 Å². The number of carbonyl (C=O) groups is 2. The Kier molecular flexibility index (Phi) is 5.29. The van der Waals surface area contributed by atoms with Crippen molar-refractivity contribution in [1.29, 1.82) is 0 Å². The van der Waals surface area contributed by atoms with Crippen LogP contribution >= 0.6 is 0 Å². The second-order valence-corrected chi connectivity index (χ2v) is 6.13. The van der Waals surface area contributed by atoms with Gasteiger partial charge in [0.1, 0.15) is 6.04 Å². The molecule has 3 rings (SSSR count). The topological polar surface area (TPSA) is 49.4 Å². The van der Waals surface area contributed by atoms with Crippen molar-refractivity contribution in [3.8, 4) is 0 Å². The van der Waals surface area contributed by atoms with Crippen molar-refractivity contribution < 1.29 is 9.59 Å². The van der Waals surface area contributed by atoms with Gasteiger partial charge in [0.25, 0.3) is 0 Å². The van der Waals surface area contributed by atoms with Crippen LogP contribution < -0.4 is 10.2 Å². The number of rotatable bonds is 5. The van der Waals surface area contributed by atoms with Crippen LogP contribution in [-0.2, 0) is 16.0 Å². The summed E-state index contributed by atoms with van der Waals surface area (Å²) >= 11 is 0. The largest absolute Gasteiger partial charge is 0.324 e. The Morgan fingerprint density at radius 2 is 1.84 bits per heavy atom. The number of hydrogen-bond donors (Lipinski definition) is 1. The summed E-state index contributed by atoms with van der Waals surface area (Å²) in [7, 11) is 0. The zero-order valence-corrected chi connectivity index (χ0v) is 14.2. The molecule has 1 heterocycles. The molecule has 128 valence electrons. The Morgan fingerprint density at radius 3 is 2.60 bits per heavy atom. The number of nitrogens with zero attached hydrogens (tertiary/aromatic N) is 1. The minimum absolute atomic E-state index is 0.0414. The molecule has 0 unspecified atom stereocenters. The Morgan fingerprint density at radius 1 is 1.12 bits per heavy atom. The molecule has 0 radical (unpaired) electrons. The lowest BCUT2D eigenvalue weighted by molar-refractivity contribution is -0.124. The lowest BCUT2D eigenvalue weighted by atomic mass is 9.94. The summed E-state index contributed by atoms with van der Waals surface area (Å²) in [4.78, 5) is 27.3. The zero-order chi connectivity index (χ0) is 17.6. The highest BCUT2D eigenvalue weighted by Gasteiger charge is 2.35. The first-order valence-corrected chi connectivity index (χ1v) is 8.57. The van der Waals surface area contributed by atoms with Crippen molar-refractivity contribution in [2.75, 3.05) is 10.2 Å². The molecule has 0 bridgehead atoms. The van der Waals surface area contributed by atoms with Crippen LogP contribution in [-0.4, -0.2) is 17.9 Å². The minimum atomic E-state index is -0.493. The number of carbonyl (C=O) groups excluding carboxylic acids is 2. The monoisotopic (exact) mass is 334 g/mol. The van der Waals surface area contributed by atoms with Gasteiger partial charge in [-0.2, -0.15) is 0 Å². The van der Waals surface area contributed by atoms with Crippen LogP contribution in [0.15, 0.2) is 67.3 Å². The average molecular weight is 334 g/mol. The summed E-state index contributed by atoms with van der Waals surface area (Å²) in [6.45, 7) is 3.68. The van der Waals surface area contributed by atoms with E-state index in [1.165, 1.54) is 0 Å². The molecule has 25 heavy (non-hydrogen) atoms. The molecule has 2 aromatic rings. The predicted octanol–water partition coefficient (Wildman–Crippen LogP) is 3.94. The molecule has 2 aromatic carbocycles. The average Bonchev–Trinajstić information content (AvgIpc) is 2.65. The highest BCUT2D eigenvalue weighted by Crippen LogP contribution is 2.32. The smallest absolute Gasteiger partial charge is 0.247 e. The van der Waals surface area contributed by atoms with Gasteiger partial charge in [0.2, 0.25) is 11.8 Å². The lowest BCUT2D eigenvalue weighted by Crippen LogP contribution is -2.50. The van der Waals surface area contributed by atoms with Gasteiger partial charge in [0, 0.05) is 17.8 Å². The van der Waals surface area contributed by atoms with Crippen LogP contribution in [0.25, 0.3) is 0 Å². The van der Waals surface area contributed by atoms with E-state index in [9.17, 15) is 9.59 Å². The van der Waals surface area contributed by atoms with Crippen molar-refractivity contribution in [2.24, 2.45) is 0 Å². The Labute approximate surface area is 148 Å². The van der Waals surface area contributed by atoms with Crippen LogP contribution in [0.1, 0.15) is 24.8 Å². The summed E-state index contributed by atoms with van der Waals surface area (Å²) in [6, 6.07) is 16.7. The van der Waals surface area contributed by atoms with Gasteiger partial charge in [0.15, 0.2) is 0 Å². The Bertz CT molecular complexity index is 770. The van der Waals surface area contributed by atoms with Gasteiger partial charge in [-0.05, 0) is 43.0 Å². The van der Waals surface area contributed by atoms with Gasteiger partial charge in [-0.25, -0.2) is 0 Å². The highest BCUT2D eigenvalue weighted by atomic mass is 16.2. The van der Waals surface area contributed by atoms with Gasteiger partial charge >= 0.3 is 0 Å². The van der Waals surface area contributed by atoms with E-state index in [1.807, 2.05) is 54.6 Å². The van der Waals surface area contributed by atoms with Gasteiger partial charge in [-0.3, -0.25) is 14.5 Å². The third-order valence-corrected chi connectivity index (χ3v) is 4.42. The normalized spacial score (nSPS) is 16.0. The molecule has 4 heteroatoms. The first-order chi connectivity index (χ1) is 12.2. The van der Waals surface area contributed by atoms with Gasteiger partial charge in [0.05, 0.1) is 0 Å². The molecule has 0 aliphatic carbocycles. The minimum Gasteiger partial charge on any atom is -0.324 e. The fourth-order valence-electron chi connectivity index (χ4n) is 3.20. The summed E-state index contributed by atoms with van der Waals surface area (Å²) in [6.07, 6.45) is 4.09. The number of hydrogen-bond acceptors (Lipinski definition) is 2. The zero-order valence-electron chi connectivity index (χ0n) is 14.2. The first-order valence-electron chi connectivity index (χ1n) is 8.57. The number of anilines is 2. The number of aryl methyl sites for hydroxylation is 1. The molecule has 1 aliphatic heterocycles. The molecular formula is C21H22N2O2. The molecule has 1 aliphatic rings. The van der Waals surface area contributed by atoms with Crippen molar-refractivity contribution in [3.05, 3.63) is 72.8 Å². The van der Waals surface area contributed by atoms with Crippen molar-refractivity contribution in [3.63, 3.8) is 0 Å². The maximum atomic E-state index is 12.8. The maximum absolute atomic E-state index is 12.8. The van der Waals surface area contributed by atoms with Crippen LogP contribution in [0.2, 0.25) is 0 Å². The molecule has 0 aromatic heterocycles. The predicted molar refractivity (Wildman–Crippen MR) is 101 cm³/mol. The SMILES string of the molecule is C=CCCC(=O)N1c2ccccc2CC[C@@H]1C(=O)Nc1ccccc1. The van der Waals surface area contributed by atoms with E-state index in [-0.39, 0.29) is 11.8 Å². The fraction of sp³-hybridized carbons (Fsp3) is 0.238. The van der Waals surface area contributed by atoms with E-state index in [0.29, 0.717) is 19.3 Å².